The number of rotatable bonds is 3. The Bertz CT molecular complexity index is 772. The molecular formula is C17H13ClO2. The Morgan fingerprint density at radius 2 is 1.90 bits per heavy atom. The Kier molecular flexibility index (Phi) is 3.48. The summed E-state index contributed by atoms with van der Waals surface area (Å²) in [4.78, 5) is 0. The first-order chi connectivity index (χ1) is 9.76. The van der Waals surface area contributed by atoms with Crippen LogP contribution in [0.25, 0.3) is 23.1 Å². The van der Waals surface area contributed by atoms with Gasteiger partial charge in [-0.2, -0.15) is 0 Å². The molecule has 0 bridgehead atoms. The highest BCUT2D eigenvalue weighted by atomic mass is 35.5. The molecule has 1 heterocycles. The van der Waals surface area contributed by atoms with Gasteiger partial charge in [0.05, 0.1) is 7.11 Å². The van der Waals surface area contributed by atoms with Crippen LogP contribution in [-0.2, 0) is 0 Å². The van der Waals surface area contributed by atoms with Crippen molar-refractivity contribution in [3.63, 3.8) is 0 Å². The summed E-state index contributed by atoms with van der Waals surface area (Å²) in [5, 5.41) is 1.74. The van der Waals surface area contributed by atoms with Crippen molar-refractivity contribution in [2.24, 2.45) is 0 Å². The van der Waals surface area contributed by atoms with E-state index in [1.807, 2.05) is 60.7 Å². The van der Waals surface area contributed by atoms with Gasteiger partial charge in [-0.1, -0.05) is 29.8 Å². The minimum atomic E-state index is 0.724. The lowest BCUT2D eigenvalue weighted by molar-refractivity contribution is 0.415. The molecule has 0 radical (unpaired) electrons. The van der Waals surface area contributed by atoms with Crippen LogP contribution in [0.4, 0.5) is 0 Å². The highest BCUT2D eigenvalue weighted by Gasteiger charge is 2.03. The summed E-state index contributed by atoms with van der Waals surface area (Å²) < 4.78 is 10.9. The molecule has 3 aromatic rings. The van der Waals surface area contributed by atoms with Crippen molar-refractivity contribution in [1.82, 2.24) is 0 Å². The van der Waals surface area contributed by atoms with E-state index in [1.54, 1.807) is 7.11 Å². The molecule has 3 rings (SSSR count). The first kappa shape index (κ1) is 12.8. The molecule has 20 heavy (non-hydrogen) atoms. The molecule has 0 saturated heterocycles. The fourth-order valence-electron chi connectivity index (χ4n) is 2.03. The quantitative estimate of drug-likeness (QED) is 0.654. The third-order valence-corrected chi connectivity index (χ3v) is 3.42. The average molecular weight is 285 g/mol. The normalized spacial score (nSPS) is 11.3. The molecule has 1 aromatic heterocycles. The number of methoxy groups -OCH3 is 1. The van der Waals surface area contributed by atoms with E-state index in [2.05, 4.69) is 0 Å². The second-order valence-corrected chi connectivity index (χ2v) is 4.81. The topological polar surface area (TPSA) is 22.4 Å². The number of hydrogen-bond acceptors (Lipinski definition) is 2. The van der Waals surface area contributed by atoms with Crippen molar-refractivity contribution in [3.05, 3.63) is 64.9 Å². The molecule has 0 aliphatic carbocycles. The van der Waals surface area contributed by atoms with Crippen LogP contribution in [0, 0.1) is 0 Å². The standard InChI is InChI=1S/C17H13ClO2/c1-19-14-8-9-17-13(10-14)11-15(20-17)7-6-12-4-2-3-5-16(12)18/h2-11H,1H3. The number of benzene rings is 2. The first-order valence-corrected chi connectivity index (χ1v) is 6.64. The van der Waals surface area contributed by atoms with Crippen molar-refractivity contribution in [2.45, 2.75) is 0 Å². The fourth-order valence-corrected chi connectivity index (χ4v) is 2.23. The molecule has 2 nitrogen and oxygen atoms in total. The van der Waals surface area contributed by atoms with Crippen LogP contribution >= 0.6 is 11.6 Å². The molecular weight excluding hydrogens is 272 g/mol. The lowest BCUT2D eigenvalue weighted by Crippen LogP contribution is -1.79. The van der Waals surface area contributed by atoms with Gasteiger partial charge in [-0.15, -0.1) is 0 Å². The SMILES string of the molecule is COc1ccc2oc(C=Cc3ccccc3Cl)cc2c1. The van der Waals surface area contributed by atoms with E-state index in [-0.39, 0.29) is 0 Å². The summed E-state index contributed by atoms with van der Waals surface area (Å²) >= 11 is 6.11. The van der Waals surface area contributed by atoms with Crippen LogP contribution in [0.15, 0.2) is 52.9 Å². The number of hydrogen-bond donors (Lipinski definition) is 0. The van der Waals surface area contributed by atoms with Gasteiger partial charge >= 0.3 is 0 Å². The van der Waals surface area contributed by atoms with Gasteiger partial charge in [0, 0.05) is 10.4 Å². The van der Waals surface area contributed by atoms with Gasteiger partial charge in [0.15, 0.2) is 0 Å². The summed E-state index contributed by atoms with van der Waals surface area (Å²) in [6.45, 7) is 0. The Balaban J connectivity index is 1.93. The predicted molar refractivity (Wildman–Crippen MR) is 83.1 cm³/mol. The molecule has 100 valence electrons. The average Bonchev–Trinajstić information content (AvgIpc) is 2.88. The maximum atomic E-state index is 6.11. The van der Waals surface area contributed by atoms with Gasteiger partial charge in [-0.05, 0) is 48.0 Å². The molecule has 0 unspecified atom stereocenters. The Hall–Kier alpha value is -2.19. The Morgan fingerprint density at radius 1 is 1.05 bits per heavy atom. The zero-order chi connectivity index (χ0) is 13.9. The van der Waals surface area contributed by atoms with Crippen molar-refractivity contribution >= 4 is 34.7 Å². The van der Waals surface area contributed by atoms with Crippen LogP contribution in [0.5, 0.6) is 5.75 Å². The van der Waals surface area contributed by atoms with E-state index >= 15 is 0 Å². The second kappa shape index (κ2) is 5.43. The van der Waals surface area contributed by atoms with E-state index in [9.17, 15) is 0 Å². The van der Waals surface area contributed by atoms with Crippen molar-refractivity contribution in [1.29, 1.82) is 0 Å². The Morgan fingerprint density at radius 3 is 2.70 bits per heavy atom. The summed E-state index contributed by atoms with van der Waals surface area (Å²) in [5.74, 6) is 1.60. The fraction of sp³-hybridized carbons (Fsp3) is 0.0588. The monoisotopic (exact) mass is 284 g/mol. The van der Waals surface area contributed by atoms with Gasteiger partial charge in [0.25, 0.3) is 0 Å². The molecule has 0 aliphatic rings. The van der Waals surface area contributed by atoms with Crippen LogP contribution in [0.3, 0.4) is 0 Å². The van der Waals surface area contributed by atoms with Crippen LogP contribution < -0.4 is 4.74 Å². The largest absolute Gasteiger partial charge is 0.497 e. The molecule has 0 N–H and O–H groups in total. The Labute approximate surface area is 122 Å². The highest BCUT2D eigenvalue weighted by molar-refractivity contribution is 6.32. The van der Waals surface area contributed by atoms with E-state index < -0.39 is 0 Å². The molecule has 2 aromatic carbocycles. The van der Waals surface area contributed by atoms with Crippen LogP contribution in [-0.4, -0.2) is 7.11 Å². The summed E-state index contributed by atoms with van der Waals surface area (Å²) in [5.41, 5.74) is 1.80. The van der Waals surface area contributed by atoms with Gasteiger partial charge in [0.2, 0.25) is 0 Å². The predicted octanol–water partition coefficient (Wildman–Crippen LogP) is 5.27. The highest BCUT2D eigenvalue weighted by Crippen LogP contribution is 2.25. The lowest BCUT2D eigenvalue weighted by atomic mass is 10.2. The van der Waals surface area contributed by atoms with Crippen LogP contribution in [0.2, 0.25) is 5.02 Å². The maximum absolute atomic E-state index is 6.11. The van der Waals surface area contributed by atoms with Crippen molar-refractivity contribution in [2.75, 3.05) is 7.11 Å². The smallest absolute Gasteiger partial charge is 0.135 e. The molecule has 0 atom stereocenters. The van der Waals surface area contributed by atoms with E-state index in [0.29, 0.717) is 0 Å². The summed E-state index contributed by atoms with van der Waals surface area (Å²) in [6, 6.07) is 15.4. The van der Waals surface area contributed by atoms with Gasteiger partial charge < -0.3 is 9.15 Å². The third kappa shape index (κ3) is 2.56. The van der Waals surface area contributed by atoms with E-state index in [0.717, 1.165) is 33.1 Å². The molecule has 3 heteroatoms. The molecule has 0 amide bonds. The summed E-state index contributed by atoms with van der Waals surface area (Å²) in [7, 11) is 1.65. The van der Waals surface area contributed by atoms with E-state index in [1.165, 1.54) is 0 Å². The van der Waals surface area contributed by atoms with Gasteiger partial charge in [0.1, 0.15) is 17.1 Å². The minimum Gasteiger partial charge on any atom is -0.497 e. The zero-order valence-corrected chi connectivity index (χ0v) is 11.7. The summed E-state index contributed by atoms with van der Waals surface area (Å²) in [6.07, 6.45) is 3.85. The lowest BCUT2D eigenvalue weighted by Gasteiger charge is -1.96. The number of ether oxygens (including phenoxy) is 1. The molecule has 0 aliphatic heterocycles. The minimum absolute atomic E-state index is 0.724. The molecule has 0 fully saturated rings. The second-order valence-electron chi connectivity index (χ2n) is 4.41. The zero-order valence-electron chi connectivity index (χ0n) is 11.0. The number of fused-ring (bicyclic) bond motifs is 1. The number of furan rings is 1. The van der Waals surface area contributed by atoms with Gasteiger partial charge in [-0.3, -0.25) is 0 Å². The first-order valence-electron chi connectivity index (χ1n) is 6.26. The maximum Gasteiger partial charge on any atom is 0.135 e. The van der Waals surface area contributed by atoms with Crippen molar-refractivity contribution < 1.29 is 9.15 Å². The molecule has 0 spiro atoms. The van der Waals surface area contributed by atoms with Gasteiger partial charge in [-0.25, -0.2) is 0 Å². The molecule has 0 saturated carbocycles. The van der Waals surface area contributed by atoms with E-state index in [4.69, 9.17) is 20.8 Å². The number of halogens is 1. The third-order valence-electron chi connectivity index (χ3n) is 3.07. The van der Waals surface area contributed by atoms with Crippen LogP contribution in [0.1, 0.15) is 11.3 Å². The van der Waals surface area contributed by atoms with Crippen molar-refractivity contribution in [3.8, 4) is 5.75 Å².